The molecule has 1 aromatic rings. The lowest BCUT2D eigenvalue weighted by molar-refractivity contribution is 0.202. The van der Waals surface area contributed by atoms with Crippen molar-refractivity contribution >= 4 is 5.69 Å². The maximum atomic E-state index is 3.49. The van der Waals surface area contributed by atoms with Gasteiger partial charge in [-0.05, 0) is 56.5 Å². The number of piperazine rings is 1. The van der Waals surface area contributed by atoms with Crippen LogP contribution in [0.4, 0.5) is 5.69 Å². The summed E-state index contributed by atoms with van der Waals surface area (Å²) in [4.78, 5) is 5.40. The van der Waals surface area contributed by atoms with Gasteiger partial charge in [-0.1, -0.05) is 12.1 Å². The average molecular weight is 271 g/mol. The Labute approximate surface area is 121 Å². The van der Waals surface area contributed by atoms with Gasteiger partial charge in [0.15, 0.2) is 0 Å². The molecule has 4 rings (SSSR count). The fourth-order valence-electron chi connectivity index (χ4n) is 4.30. The van der Waals surface area contributed by atoms with Crippen molar-refractivity contribution in [3.05, 3.63) is 29.3 Å². The Hall–Kier alpha value is -1.06. The maximum absolute atomic E-state index is 3.49. The van der Waals surface area contributed by atoms with E-state index in [4.69, 9.17) is 0 Å². The summed E-state index contributed by atoms with van der Waals surface area (Å²) in [6.45, 7) is 8.36. The number of hydrogen-bond donors (Lipinski definition) is 1. The van der Waals surface area contributed by atoms with Gasteiger partial charge in [0.2, 0.25) is 0 Å². The fourth-order valence-corrected chi connectivity index (χ4v) is 4.30. The van der Waals surface area contributed by atoms with Gasteiger partial charge in [-0.2, -0.15) is 0 Å². The second kappa shape index (κ2) is 5.05. The fraction of sp³-hybridized carbons (Fsp3) is 0.647. The average Bonchev–Trinajstić information content (AvgIpc) is 2.93. The molecule has 0 aromatic heterocycles. The number of nitrogens with zero attached hydrogens (tertiary/aromatic N) is 2. The van der Waals surface area contributed by atoms with Gasteiger partial charge in [-0.15, -0.1) is 0 Å². The second-order valence-corrected chi connectivity index (χ2v) is 6.63. The van der Waals surface area contributed by atoms with Gasteiger partial charge in [-0.3, -0.25) is 4.90 Å². The highest BCUT2D eigenvalue weighted by molar-refractivity contribution is 5.59. The maximum Gasteiger partial charge on any atom is 0.0405 e. The van der Waals surface area contributed by atoms with Crippen LogP contribution in [0.5, 0.6) is 0 Å². The first-order valence-corrected chi connectivity index (χ1v) is 8.15. The zero-order valence-corrected chi connectivity index (χ0v) is 12.4. The molecule has 3 heteroatoms. The summed E-state index contributed by atoms with van der Waals surface area (Å²) in [5.41, 5.74) is 4.63. The largest absolute Gasteiger partial charge is 0.366 e. The van der Waals surface area contributed by atoms with E-state index in [1.165, 1.54) is 50.1 Å². The van der Waals surface area contributed by atoms with E-state index in [0.29, 0.717) is 6.04 Å². The number of fused-ring (bicyclic) bond motifs is 2. The molecule has 0 radical (unpaired) electrons. The first-order valence-electron chi connectivity index (χ1n) is 8.15. The van der Waals surface area contributed by atoms with E-state index in [0.717, 1.165) is 19.1 Å². The molecule has 3 nitrogen and oxygen atoms in total. The highest BCUT2D eigenvalue weighted by atomic mass is 15.3. The number of benzene rings is 1. The van der Waals surface area contributed by atoms with Gasteiger partial charge >= 0.3 is 0 Å². The molecule has 0 amide bonds. The van der Waals surface area contributed by atoms with Crippen LogP contribution in [0.2, 0.25) is 0 Å². The van der Waals surface area contributed by atoms with Crippen LogP contribution >= 0.6 is 0 Å². The van der Waals surface area contributed by atoms with Crippen LogP contribution in [0, 0.1) is 0 Å². The van der Waals surface area contributed by atoms with E-state index < -0.39 is 0 Å². The van der Waals surface area contributed by atoms with Crippen molar-refractivity contribution in [2.45, 2.75) is 44.8 Å². The smallest absolute Gasteiger partial charge is 0.0405 e. The minimum absolute atomic E-state index is 0.644. The molecule has 1 aromatic carbocycles. The Morgan fingerprint density at radius 1 is 1.25 bits per heavy atom. The molecular weight excluding hydrogens is 246 g/mol. The van der Waals surface area contributed by atoms with Crippen molar-refractivity contribution in [1.82, 2.24) is 10.2 Å². The minimum atomic E-state index is 0.644. The summed E-state index contributed by atoms with van der Waals surface area (Å²) < 4.78 is 0. The zero-order valence-electron chi connectivity index (χ0n) is 12.4. The van der Waals surface area contributed by atoms with Crippen molar-refractivity contribution in [2.75, 3.05) is 31.1 Å². The van der Waals surface area contributed by atoms with Gasteiger partial charge in [0.1, 0.15) is 0 Å². The molecule has 2 unspecified atom stereocenters. The van der Waals surface area contributed by atoms with Gasteiger partial charge in [0, 0.05) is 37.4 Å². The van der Waals surface area contributed by atoms with Gasteiger partial charge in [-0.25, -0.2) is 0 Å². The number of anilines is 1. The molecule has 1 N–H and O–H groups in total. The Kier molecular flexibility index (Phi) is 3.20. The summed E-state index contributed by atoms with van der Waals surface area (Å²) in [6, 6.07) is 8.33. The van der Waals surface area contributed by atoms with Crippen molar-refractivity contribution in [3.63, 3.8) is 0 Å². The molecule has 2 fully saturated rings. The van der Waals surface area contributed by atoms with Crippen LogP contribution in [0.25, 0.3) is 0 Å². The predicted molar refractivity (Wildman–Crippen MR) is 83.3 cm³/mol. The summed E-state index contributed by atoms with van der Waals surface area (Å²) in [5.74, 6) is 0. The normalized spacial score (nSPS) is 30.1. The Morgan fingerprint density at radius 3 is 3.15 bits per heavy atom. The van der Waals surface area contributed by atoms with Crippen molar-refractivity contribution in [1.29, 1.82) is 0 Å². The highest BCUT2D eigenvalue weighted by Gasteiger charge is 2.35. The van der Waals surface area contributed by atoms with Crippen molar-refractivity contribution < 1.29 is 0 Å². The Bertz CT molecular complexity index is 499. The van der Waals surface area contributed by atoms with Crippen LogP contribution in [-0.2, 0) is 13.0 Å². The molecule has 3 heterocycles. The highest BCUT2D eigenvalue weighted by Crippen LogP contribution is 2.33. The molecule has 2 atom stereocenters. The molecule has 2 saturated heterocycles. The molecule has 3 aliphatic rings. The third-order valence-electron chi connectivity index (χ3n) is 5.36. The van der Waals surface area contributed by atoms with E-state index in [1.54, 1.807) is 5.56 Å². The summed E-state index contributed by atoms with van der Waals surface area (Å²) in [6.07, 6.45) is 3.96. The molecule has 0 aliphatic carbocycles. The molecule has 0 bridgehead atoms. The van der Waals surface area contributed by atoms with E-state index in [1.807, 2.05) is 0 Å². The van der Waals surface area contributed by atoms with Crippen molar-refractivity contribution in [3.8, 4) is 0 Å². The Morgan fingerprint density at radius 2 is 2.20 bits per heavy atom. The lowest BCUT2D eigenvalue weighted by atomic mass is 9.96. The Balaban J connectivity index is 1.66. The molecule has 20 heavy (non-hydrogen) atoms. The third-order valence-corrected chi connectivity index (χ3v) is 5.36. The zero-order chi connectivity index (χ0) is 13.5. The first-order chi connectivity index (χ1) is 9.83. The number of rotatable bonds is 1. The second-order valence-electron chi connectivity index (χ2n) is 6.63. The first kappa shape index (κ1) is 12.7. The quantitative estimate of drug-likeness (QED) is 0.843. The van der Waals surface area contributed by atoms with Gasteiger partial charge in [0.05, 0.1) is 0 Å². The summed E-state index contributed by atoms with van der Waals surface area (Å²) in [5, 5.41) is 3.49. The van der Waals surface area contributed by atoms with Gasteiger partial charge < -0.3 is 10.2 Å². The molecule has 0 spiro atoms. The summed E-state index contributed by atoms with van der Waals surface area (Å²) in [7, 11) is 0. The third kappa shape index (κ3) is 2.04. The SMILES string of the molecule is CC1CN2CCCC2CN1c1cccc2c1CCNC2. The van der Waals surface area contributed by atoms with E-state index in [2.05, 4.69) is 40.2 Å². The van der Waals surface area contributed by atoms with E-state index in [-0.39, 0.29) is 0 Å². The van der Waals surface area contributed by atoms with Gasteiger partial charge in [0.25, 0.3) is 0 Å². The standard InChI is InChI=1S/C17H25N3/c1-13-11-19-9-3-5-15(19)12-20(13)17-6-2-4-14-10-18-8-7-16(14)17/h2,4,6,13,15,18H,3,5,7-12H2,1H3. The molecule has 108 valence electrons. The van der Waals surface area contributed by atoms with Crippen molar-refractivity contribution in [2.24, 2.45) is 0 Å². The van der Waals surface area contributed by atoms with Crippen LogP contribution in [-0.4, -0.2) is 43.2 Å². The van der Waals surface area contributed by atoms with Crippen LogP contribution in [0.1, 0.15) is 30.9 Å². The molecule has 3 aliphatic heterocycles. The lowest BCUT2D eigenvalue weighted by Gasteiger charge is -2.44. The van der Waals surface area contributed by atoms with E-state index >= 15 is 0 Å². The lowest BCUT2D eigenvalue weighted by Crippen LogP contribution is -2.55. The van der Waals surface area contributed by atoms with Crippen LogP contribution in [0.15, 0.2) is 18.2 Å². The topological polar surface area (TPSA) is 18.5 Å². The molecular formula is C17H25N3. The monoisotopic (exact) mass is 271 g/mol. The number of nitrogens with one attached hydrogen (secondary N) is 1. The van der Waals surface area contributed by atoms with E-state index in [9.17, 15) is 0 Å². The van der Waals surface area contributed by atoms with Crippen LogP contribution < -0.4 is 10.2 Å². The minimum Gasteiger partial charge on any atom is -0.366 e. The van der Waals surface area contributed by atoms with Crippen LogP contribution in [0.3, 0.4) is 0 Å². The molecule has 0 saturated carbocycles. The summed E-state index contributed by atoms with van der Waals surface area (Å²) >= 11 is 0. The number of hydrogen-bond acceptors (Lipinski definition) is 3. The predicted octanol–water partition coefficient (Wildman–Crippen LogP) is 2.01.